The summed E-state index contributed by atoms with van der Waals surface area (Å²) in [5.74, 6) is -0.0808. The van der Waals surface area contributed by atoms with Crippen molar-refractivity contribution in [3.05, 3.63) is 64.7 Å². The van der Waals surface area contributed by atoms with Crippen molar-refractivity contribution in [3.63, 3.8) is 0 Å². The number of phenolic OH excluding ortho intramolecular Hbond substituents is 1. The molecule has 140 valence electrons. The van der Waals surface area contributed by atoms with Crippen molar-refractivity contribution in [2.75, 3.05) is 6.61 Å². The van der Waals surface area contributed by atoms with E-state index in [4.69, 9.17) is 4.74 Å². The van der Waals surface area contributed by atoms with Gasteiger partial charge in [0.25, 0.3) is 0 Å². The van der Waals surface area contributed by atoms with Crippen molar-refractivity contribution in [1.29, 1.82) is 0 Å². The lowest BCUT2D eigenvalue weighted by molar-refractivity contribution is 0.0509. The molecule has 0 aromatic heterocycles. The highest BCUT2D eigenvalue weighted by molar-refractivity contribution is 5.90. The van der Waals surface area contributed by atoms with Crippen LogP contribution in [0.15, 0.2) is 42.5 Å². The van der Waals surface area contributed by atoms with Crippen LogP contribution in [0.5, 0.6) is 5.75 Å². The first kappa shape index (κ1) is 20.0. The Balaban J connectivity index is 2.26. The molecule has 3 nitrogen and oxygen atoms in total. The van der Waals surface area contributed by atoms with Crippen LogP contribution in [-0.4, -0.2) is 17.7 Å². The molecule has 2 aromatic carbocycles. The topological polar surface area (TPSA) is 46.5 Å². The fourth-order valence-corrected chi connectivity index (χ4v) is 2.89. The maximum Gasteiger partial charge on any atom is 0.338 e. The van der Waals surface area contributed by atoms with Crippen LogP contribution in [0.4, 0.5) is 0 Å². The second-order valence-corrected chi connectivity index (χ2v) is 8.79. The van der Waals surface area contributed by atoms with Gasteiger partial charge in [-0.25, -0.2) is 4.79 Å². The lowest BCUT2D eigenvalue weighted by Crippen LogP contribution is -2.19. The van der Waals surface area contributed by atoms with Crippen LogP contribution in [0, 0.1) is 0 Å². The number of carbonyl (C=O) groups excluding carboxylic acids is 1. The summed E-state index contributed by atoms with van der Waals surface area (Å²) < 4.78 is 5.49. The predicted molar refractivity (Wildman–Crippen MR) is 106 cm³/mol. The average molecular weight is 354 g/mol. The van der Waals surface area contributed by atoms with Crippen molar-refractivity contribution in [2.24, 2.45) is 0 Å². The minimum absolute atomic E-state index is 0.269. The quantitative estimate of drug-likeness (QED) is 0.749. The van der Waals surface area contributed by atoms with Gasteiger partial charge in [0.1, 0.15) is 5.75 Å². The molecule has 0 unspecified atom stereocenters. The van der Waals surface area contributed by atoms with Gasteiger partial charge >= 0.3 is 5.97 Å². The average Bonchev–Trinajstić information content (AvgIpc) is 2.53. The monoisotopic (exact) mass is 354 g/mol. The van der Waals surface area contributed by atoms with Gasteiger partial charge < -0.3 is 9.84 Å². The molecular weight excluding hydrogens is 324 g/mol. The fraction of sp³-hybridized carbons (Fsp3) is 0.435. The number of hydrogen-bond acceptors (Lipinski definition) is 3. The molecule has 0 saturated heterocycles. The molecule has 0 aliphatic carbocycles. The first-order valence-corrected chi connectivity index (χ1v) is 9.09. The predicted octanol–water partition coefficient (Wildman–Crippen LogP) is 5.39. The van der Waals surface area contributed by atoms with Gasteiger partial charge in [0.2, 0.25) is 0 Å². The molecule has 26 heavy (non-hydrogen) atoms. The van der Waals surface area contributed by atoms with Gasteiger partial charge in [0, 0.05) is 17.5 Å². The van der Waals surface area contributed by atoms with Crippen LogP contribution in [0.1, 0.15) is 68.6 Å². The molecule has 0 heterocycles. The summed E-state index contributed by atoms with van der Waals surface area (Å²) in [6.07, 6.45) is 0.683. The van der Waals surface area contributed by atoms with Crippen LogP contribution < -0.4 is 0 Å². The van der Waals surface area contributed by atoms with Crippen LogP contribution in [0.2, 0.25) is 0 Å². The Morgan fingerprint density at radius 3 is 1.88 bits per heavy atom. The third-order valence-corrected chi connectivity index (χ3v) is 4.43. The third kappa shape index (κ3) is 4.87. The Morgan fingerprint density at radius 2 is 1.42 bits per heavy atom. The van der Waals surface area contributed by atoms with Crippen LogP contribution in [0.3, 0.4) is 0 Å². The van der Waals surface area contributed by atoms with Gasteiger partial charge in [-0.1, -0.05) is 71.9 Å². The highest BCUT2D eigenvalue weighted by Gasteiger charge is 2.28. The van der Waals surface area contributed by atoms with Gasteiger partial charge in [-0.05, 0) is 28.5 Å². The van der Waals surface area contributed by atoms with Gasteiger partial charge in [-0.15, -0.1) is 0 Å². The number of phenols is 1. The van der Waals surface area contributed by atoms with Crippen LogP contribution in [-0.2, 0) is 22.0 Å². The smallest absolute Gasteiger partial charge is 0.338 e. The molecule has 0 atom stereocenters. The lowest BCUT2D eigenvalue weighted by Gasteiger charge is -2.28. The van der Waals surface area contributed by atoms with Gasteiger partial charge in [-0.3, -0.25) is 0 Å². The lowest BCUT2D eigenvalue weighted by atomic mass is 9.78. The second kappa shape index (κ2) is 7.53. The first-order valence-electron chi connectivity index (χ1n) is 9.09. The molecule has 0 radical (unpaired) electrons. The summed E-state index contributed by atoms with van der Waals surface area (Å²) in [6.45, 7) is 12.5. The number of ether oxygens (including phenoxy) is 1. The number of benzene rings is 2. The summed E-state index contributed by atoms with van der Waals surface area (Å²) in [4.78, 5) is 12.6. The Kier molecular flexibility index (Phi) is 5.80. The zero-order chi connectivity index (χ0) is 19.5. The molecule has 0 saturated carbocycles. The van der Waals surface area contributed by atoms with E-state index in [9.17, 15) is 9.90 Å². The number of esters is 1. The van der Waals surface area contributed by atoms with E-state index in [2.05, 4.69) is 0 Å². The first-order chi connectivity index (χ1) is 12.0. The Morgan fingerprint density at radius 1 is 0.923 bits per heavy atom. The molecule has 3 heteroatoms. The number of aromatic hydroxyl groups is 1. The number of hydrogen-bond donors (Lipinski definition) is 1. The molecule has 0 fully saturated rings. The summed E-state index contributed by atoms with van der Waals surface area (Å²) in [5.41, 5.74) is 2.61. The zero-order valence-corrected chi connectivity index (χ0v) is 16.7. The summed E-state index contributed by atoms with van der Waals surface area (Å²) in [7, 11) is 0. The Hall–Kier alpha value is -2.29. The molecule has 2 rings (SSSR count). The van der Waals surface area contributed by atoms with E-state index in [1.165, 1.54) is 0 Å². The van der Waals surface area contributed by atoms with E-state index < -0.39 is 0 Å². The van der Waals surface area contributed by atoms with Crippen molar-refractivity contribution in [3.8, 4) is 5.75 Å². The van der Waals surface area contributed by atoms with Crippen molar-refractivity contribution >= 4 is 5.97 Å². The van der Waals surface area contributed by atoms with Crippen LogP contribution in [0.25, 0.3) is 0 Å². The van der Waals surface area contributed by atoms with Gasteiger partial charge in [0.15, 0.2) is 0 Å². The Bertz CT molecular complexity index is 727. The van der Waals surface area contributed by atoms with Crippen molar-refractivity contribution in [2.45, 2.75) is 58.8 Å². The minimum Gasteiger partial charge on any atom is -0.507 e. The Labute approximate surface area is 157 Å². The molecule has 0 aliphatic heterocycles. The minimum atomic E-state index is -0.350. The van der Waals surface area contributed by atoms with Crippen molar-refractivity contribution in [1.82, 2.24) is 0 Å². The van der Waals surface area contributed by atoms with E-state index in [-0.39, 0.29) is 22.5 Å². The fourth-order valence-electron chi connectivity index (χ4n) is 2.89. The molecule has 0 bridgehead atoms. The normalized spacial score (nSPS) is 12.1. The summed E-state index contributed by atoms with van der Waals surface area (Å²) >= 11 is 0. The molecule has 0 amide bonds. The van der Waals surface area contributed by atoms with Gasteiger partial charge in [0.05, 0.1) is 12.2 Å². The van der Waals surface area contributed by atoms with E-state index in [1.54, 1.807) is 12.1 Å². The van der Waals surface area contributed by atoms with Gasteiger partial charge in [-0.2, -0.15) is 0 Å². The van der Waals surface area contributed by atoms with E-state index in [0.717, 1.165) is 16.7 Å². The van der Waals surface area contributed by atoms with Crippen LogP contribution >= 0.6 is 0 Å². The molecule has 0 spiro atoms. The van der Waals surface area contributed by atoms with E-state index in [1.807, 2.05) is 71.9 Å². The highest BCUT2D eigenvalue weighted by Crippen LogP contribution is 2.39. The standard InChI is InChI=1S/C23H30O3/c1-22(2,3)18-14-17(15-19(20(18)24)23(4,5)6)21(25)26-13-12-16-10-8-7-9-11-16/h7-11,14-15,24H,12-13H2,1-6H3. The maximum absolute atomic E-state index is 12.6. The molecule has 2 aromatic rings. The zero-order valence-electron chi connectivity index (χ0n) is 16.7. The van der Waals surface area contributed by atoms with E-state index >= 15 is 0 Å². The summed E-state index contributed by atoms with van der Waals surface area (Å²) in [6, 6.07) is 13.5. The molecule has 0 aliphatic rings. The molecular formula is C23H30O3. The number of rotatable bonds is 4. The van der Waals surface area contributed by atoms with Crippen molar-refractivity contribution < 1.29 is 14.6 Å². The second-order valence-electron chi connectivity index (χ2n) is 8.79. The third-order valence-electron chi connectivity index (χ3n) is 4.43. The largest absolute Gasteiger partial charge is 0.507 e. The SMILES string of the molecule is CC(C)(C)c1cc(C(=O)OCCc2ccccc2)cc(C(C)(C)C)c1O. The maximum atomic E-state index is 12.6. The number of carbonyl (C=O) groups is 1. The molecule has 1 N–H and O–H groups in total. The summed E-state index contributed by atoms with van der Waals surface area (Å²) in [5, 5.41) is 10.7. The van der Waals surface area contributed by atoms with E-state index in [0.29, 0.717) is 18.6 Å². The highest BCUT2D eigenvalue weighted by atomic mass is 16.5.